The molecule has 0 saturated heterocycles. The van der Waals surface area contributed by atoms with Gasteiger partial charge in [-0.15, -0.1) is 0 Å². The normalized spacial score (nSPS) is 9.47. The zero-order chi connectivity index (χ0) is 12.8. The zero-order valence-electron chi connectivity index (χ0n) is 9.23. The van der Waals surface area contributed by atoms with Crippen LogP contribution in [0, 0.1) is 0 Å². The van der Waals surface area contributed by atoms with Gasteiger partial charge in [-0.3, -0.25) is 4.79 Å². The molecule has 0 saturated carbocycles. The molecule has 0 aliphatic rings. The predicted octanol–water partition coefficient (Wildman–Crippen LogP) is 0.376. The SMILES string of the molecule is COC(=O)c1ccc(CC(=O)NC(N)=S)cc1. The van der Waals surface area contributed by atoms with Crippen LogP contribution in [0.25, 0.3) is 0 Å². The summed E-state index contributed by atoms with van der Waals surface area (Å²) in [5.41, 5.74) is 6.36. The Hall–Kier alpha value is -1.95. The van der Waals surface area contributed by atoms with Crippen LogP contribution in [0.5, 0.6) is 0 Å². The number of ether oxygens (including phenoxy) is 1. The topological polar surface area (TPSA) is 81.4 Å². The lowest BCUT2D eigenvalue weighted by Crippen LogP contribution is -2.35. The monoisotopic (exact) mass is 252 g/mol. The van der Waals surface area contributed by atoms with E-state index in [0.717, 1.165) is 5.56 Å². The predicted molar refractivity (Wildman–Crippen MR) is 66.4 cm³/mol. The molecule has 0 aliphatic heterocycles. The van der Waals surface area contributed by atoms with Gasteiger partial charge in [0.1, 0.15) is 0 Å². The summed E-state index contributed by atoms with van der Waals surface area (Å²) < 4.78 is 4.56. The maximum atomic E-state index is 11.3. The van der Waals surface area contributed by atoms with Crippen LogP contribution < -0.4 is 11.1 Å². The van der Waals surface area contributed by atoms with E-state index in [-0.39, 0.29) is 17.4 Å². The number of nitrogens with two attached hydrogens (primary N) is 1. The second-order valence-electron chi connectivity index (χ2n) is 3.28. The lowest BCUT2D eigenvalue weighted by Gasteiger charge is -2.04. The van der Waals surface area contributed by atoms with Gasteiger partial charge in [0.2, 0.25) is 5.91 Å². The molecule has 0 atom stereocenters. The number of carbonyl (C=O) groups excluding carboxylic acids is 2. The van der Waals surface area contributed by atoms with Crippen LogP contribution in [-0.4, -0.2) is 24.1 Å². The molecule has 3 N–H and O–H groups in total. The van der Waals surface area contributed by atoms with Gasteiger partial charge in [0.15, 0.2) is 5.11 Å². The zero-order valence-corrected chi connectivity index (χ0v) is 10.0. The van der Waals surface area contributed by atoms with Gasteiger partial charge in [-0.1, -0.05) is 12.1 Å². The Kier molecular flexibility index (Phi) is 4.59. The van der Waals surface area contributed by atoms with E-state index in [4.69, 9.17) is 5.73 Å². The molecule has 0 bridgehead atoms. The molecule has 6 heteroatoms. The van der Waals surface area contributed by atoms with Crippen molar-refractivity contribution >= 4 is 29.2 Å². The summed E-state index contributed by atoms with van der Waals surface area (Å²) in [6.07, 6.45) is 0.152. The molecule has 0 fully saturated rings. The van der Waals surface area contributed by atoms with Gasteiger partial charge in [-0.25, -0.2) is 4.79 Å². The minimum atomic E-state index is -0.413. The van der Waals surface area contributed by atoms with Crippen LogP contribution in [0.2, 0.25) is 0 Å². The molecule has 0 aromatic heterocycles. The smallest absolute Gasteiger partial charge is 0.337 e. The summed E-state index contributed by atoms with van der Waals surface area (Å²) in [5, 5.41) is 2.26. The fourth-order valence-corrected chi connectivity index (χ4v) is 1.36. The lowest BCUT2D eigenvalue weighted by atomic mass is 10.1. The Bertz CT molecular complexity index is 443. The van der Waals surface area contributed by atoms with Crippen LogP contribution in [0.1, 0.15) is 15.9 Å². The van der Waals surface area contributed by atoms with Gasteiger partial charge in [0.25, 0.3) is 0 Å². The Morgan fingerprint density at radius 2 is 1.94 bits per heavy atom. The minimum Gasteiger partial charge on any atom is -0.465 e. The second-order valence-corrected chi connectivity index (χ2v) is 3.72. The van der Waals surface area contributed by atoms with E-state index >= 15 is 0 Å². The van der Waals surface area contributed by atoms with Crippen LogP contribution >= 0.6 is 12.2 Å². The molecule has 0 spiro atoms. The van der Waals surface area contributed by atoms with Crippen LogP contribution in [0.3, 0.4) is 0 Å². The molecule has 5 nitrogen and oxygen atoms in total. The quantitative estimate of drug-likeness (QED) is 0.600. The van der Waals surface area contributed by atoms with Gasteiger partial charge < -0.3 is 15.8 Å². The molecular weight excluding hydrogens is 240 g/mol. The highest BCUT2D eigenvalue weighted by atomic mass is 32.1. The van der Waals surface area contributed by atoms with Gasteiger partial charge in [-0.05, 0) is 29.9 Å². The van der Waals surface area contributed by atoms with Crippen molar-refractivity contribution in [2.45, 2.75) is 6.42 Å². The molecular formula is C11H12N2O3S. The van der Waals surface area contributed by atoms with E-state index in [1.807, 2.05) is 0 Å². The first-order valence-electron chi connectivity index (χ1n) is 4.79. The van der Waals surface area contributed by atoms with Gasteiger partial charge in [0.05, 0.1) is 19.1 Å². The Morgan fingerprint density at radius 3 is 2.41 bits per heavy atom. The fraction of sp³-hybridized carbons (Fsp3) is 0.182. The van der Waals surface area contributed by atoms with Crippen molar-refractivity contribution in [3.8, 4) is 0 Å². The summed E-state index contributed by atoms with van der Waals surface area (Å²) in [6.45, 7) is 0. The summed E-state index contributed by atoms with van der Waals surface area (Å²) >= 11 is 4.54. The fourth-order valence-electron chi connectivity index (χ4n) is 1.24. The first-order valence-corrected chi connectivity index (χ1v) is 5.20. The number of rotatable bonds is 3. The third kappa shape index (κ3) is 4.20. The van der Waals surface area contributed by atoms with Crippen molar-refractivity contribution < 1.29 is 14.3 Å². The Balaban J connectivity index is 2.65. The van der Waals surface area contributed by atoms with E-state index in [1.165, 1.54) is 7.11 Å². The van der Waals surface area contributed by atoms with Crippen molar-refractivity contribution in [1.82, 2.24) is 5.32 Å². The largest absolute Gasteiger partial charge is 0.465 e. The number of benzene rings is 1. The van der Waals surface area contributed by atoms with E-state index in [0.29, 0.717) is 5.56 Å². The van der Waals surface area contributed by atoms with E-state index in [1.54, 1.807) is 24.3 Å². The average Bonchev–Trinajstić information content (AvgIpc) is 2.28. The highest BCUT2D eigenvalue weighted by molar-refractivity contribution is 7.80. The third-order valence-electron chi connectivity index (χ3n) is 2.00. The molecule has 90 valence electrons. The van der Waals surface area contributed by atoms with Crippen LogP contribution in [0.15, 0.2) is 24.3 Å². The van der Waals surface area contributed by atoms with Crippen LogP contribution in [-0.2, 0) is 16.0 Å². The standard InChI is InChI=1S/C11H12N2O3S/c1-16-10(15)8-4-2-7(3-5-8)6-9(14)13-11(12)17/h2-5H,6H2,1H3,(H3,12,13,14,17). The first-order chi connectivity index (χ1) is 8.02. The van der Waals surface area contributed by atoms with Crippen molar-refractivity contribution in [1.29, 1.82) is 0 Å². The number of amides is 1. The maximum Gasteiger partial charge on any atom is 0.337 e. The summed E-state index contributed by atoms with van der Waals surface area (Å²) in [5.74, 6) is -0.701. The van der Waals surface area contributed by atoms with Gasteiger partial charge >= 0.3 is 5.97 Å². The van der Waals surface area contributed by atoms with Crippen molar-refractivity contribution in [3.63, 3.8) is 0 Å². The number of carbonyl (C=O) groups is 2. The maximum absolute atomic E-state index is 11.3. The molecule has 1 aromatic rings. The number of hydrogen-bond acceptors (Lipinski definition) is 4. The van der Waals surface area contributed by atoms with Crippen molar-refractivity contribution in [3.05, 3.63) is 35.4 Å². The molecule has 0 radical (unpaired) electrons. The van der Waals surface area contributed by atoms with E-state index in [9.17, 15) is 9.59 Å². The molecule has 1 amide bonds. The third-order valence-corrected chi connectivity index (χ3v) is 2.10. The van der Waals surface area contributed by atoms with E-state index in [2.05, 4.69) is 22.3 Å². The number of esters is 1. The van der Waals surface area contributed by atoms with Crippen molar-refractivity contribution in [2.24, 2.45) is 5.73 Å². The molecule has 0 unspecified atom stereocenters. The van der Waals surface area contributed by atoms with Crippen molar-refractivity contribution in [2.75, 3.05) is 7.11 Å². The first kappa shape index (κ1) is 13.1. The van der Waals surface area contributed by atoms with E-state index < -0.39 is 5.97 Å². The minimum absolute atomic E-state index is 0.0545. The highest BCUT2D eigenvalue weighted by Crippen LogP contribution is 2.06. The lowest BCUT2D eigenvalue weighted by molar-refractivity contribution is -0.119. The Labute approximate surface area is 104 Å². The summed E-state index contributed by atoms with van der Waals surface area (Å²) in [6, 6.07) is 6.53. The number of thiocarbonyl (C=S) groups is 1. The van der Waals surface area contributed by atoms with Gasteiger partial charge in [0, 0.05) is 0 Å². The highest BCUT2D eigenvalue weighted by Gasteiger charge is 2.07. The summed E-state index contributed by atoms with van der Waals surface area (Å²) in [4.78, 5) is 22.5. The average molecular weight is 252 g/mol. The van der Waals surface area contributed by atoms with Crippen LogP contribution in [0.4, 0.5) is 0 Å². The molecule has 0 heterocycles. The number of nitrogens with one attached hydrogen (secondary N) is 1. The Morgan fingerprint density at radius 1 is 1.35 bits per heavy atom. The summed E-state index contributed by atoms with van der Waals surface area (Å²) in [7, 11) is 1.31. The number of hydrogen-bond donors (Lipinski definition) is 2. The van der Waals surface area contributed by atoms with Gasteiger partial charge in [-0.2, -0.15) is 0 Å². The molecule has 0 aliphatic carbocycles. The second kappa shape index (κ2) is 5.95. The number of methoxy groups -OCH3 is 1. The molecule has 1 aromatic carbocycles. The molecule has 17 heavy (non-hydrogen) atoms. The molecule has 1 rings (SSSR count).